The predicted octanol–water partition coefficient (Wildman–Crippen LogP) is 2.71. The van der Waals surface area contributed by atoms with Gasteiger partial charge in [-0.2, -0.15) is 0 Å². The molecule has 0 saturated heterocycles. The molecule has 7 nitrogen and oxygen atoms in total. The Labute approximate surface area is 182 Å². The SMILES string of the molecule is N=C([O-])CN(CCCc1c(F)cc(-c2cccnc2OC2CCCC2)cc1F)S(=O)[O-]. The average Bonchev–Trinajstić information content (AvgIpc) is 3.22. The highest BCUT2D eigenvalue weighted by molar-refractivity contribution is 7.76. The Morgan fingerprint density at radius 1 is 1.29 bits per heavy atom. The van der Waals surface area contributed by atoms with Gasteiger partial charge >= 0.3 is 0 Å². The molecule has 10 heteroatoms. The van der Waals surface area contributed by atoms with Crippen LogP contribution >= 0.6 is 0 Å². The van der Waals surface area contributed by atoms with Gasteiger partial charge in [-0.25, -0.2) is 18.1 Å². The lowest BCUT2D eigenvalue weighted by molar-refractivity contribution is -0.220. The lowest BCUT2D eigenvalue weighted by Crippen LogP contribution is -2.37. The zero-order valence-corrected chi connectivity index (χ0v) is 17.6. The van der Waals surface area contributed by atoms with Crippen LogP contribution < -0.4 is 9.84 Å². The molecule has 1 heterocycles. The third-order valence-electron chi connectivity index (χ3n) is 5.17. The molecule has 0 bridgehead atoms. The van der Waals surface area contributed by atoms with Crippen LogP contribution in [0.1, 0.15) is 37.7 Å². The number of benzene rings is 1. The number of ether oxygens (including phenoxy) is 1. The molecule has 3 rings (SSSR count). The van der Waals surface area contributed by atoms with Crippen LogP contribution in [0.5, 0.6) is 5.88 Å². The zero-order chi connectivity index (χ0) is 22.4. The molecule has 1 atom stereocenters. The molecule has 1 N–H and O–H groups in total. The Morgan fingerprint density at radius 2 is 1.97 bits per heavy atom. The first-order valence-electron chi connectivity index (χ1n) is 10.0. The van der Waals surface area contributed by atoms with Crippen molar-refractivity contribution in [1.82, 2.24) is 9.29 Å². The fraction of sp³-hybridized carbons (Fsp3) is 0.429. The summed E-state index contributed by atoms with van der Waals surface area (Å²) >= 11 is -2.69. The molecule has 0 aliphatic heterocycles. The molecule has 1 aromatic carbocycles. The molecule has 1 aliphatic carbocycles. The van der Waals surface area contributed by atoms with Gasteiger partial charge in [0.15, 0.2) is 0 Å². The Hall–Kier alpha value is -2.43. The van der Waals surface area contributed by atoms with Gasteiger partial charge in [0.25, 0.3) is 0 Å². The largest absolute Gasteiger partial charge is 0.861 e. The molecule has 1 unspecified atom stereocenters. The highest BCUT2D eigenvalue weighted by atomic mass is 32.2. The van der Waals surface area contributed by atoms with Crippen LogP contribution in [-0.4, -0.2) is 43.1 Å². The summed E-state index contributed by atoms with van der Waals surface area (Å²) in [6, 6.07) is 5.80. The molecule has 168 valence electrons. The maximum absolute atomic E-state index is 14.7. The van der Waals surface area contributed by atoms with Gasteiger partial charge in [0.05, 0.1) is 0 Å². The fourth-order valence-corrected chi connectivity index (χ4v) is 4.17. The maximum atomic E-state index is 14.7. The summed E-state index contributed by atoms with van der Waals surface area (Å²) in [7, 11) is 0. The third kappa shape index (κ3) is 6.28. The summed E-state index contributed by atoms with van der Waals surface area (Å²) in [5.41, 5.74) is 0.641. The number of halogens is 2. The van der Waals surface area contributed by atoms with Gasteiger partial charge in [0.1, 0.15) is 17.7 Å². The quantitative estimate of drug-likeness (QED) is 0.339. The first-order valence-corrected chi connectivity index (χ1v) is 11.1. The van der Waals surface area contributed by atoms with Crippen molar-refractivity contribution in [2.24, 2.45) is 0 Å². The fourth-order valence-electron chi connectivity index (χ4n) is 3.66. The van der Waals surface area contributed by atoms with E-state index in [0.29, 0.717) is 17.0 Å². The molecule has 2 aromatic rings. The number of aromatic nitrogens is 1. The minimum absolute atomic E-state index is 0.0488. The van der Waals surface area contributed by atoms with Gasteiger partial charge in [-0.15, -0.1) is 0 Å². The molecule has 1 fully saturated rings. The molecule has 1 saturated carbocycles. The molecular formula is C21H23F2N3O4S-2. The zero-order valence-electron chi connectivity index (χ0n) is 16.8. The molecular weight excluding hydrogens is 428 g/mol. The Kier molecular flexibility index (Phi) is 8.05. The summed E-state index contributed by atoms with van der Waals surface area (Å²) in [6.07, 6.45) is 5.67. The van der Waals surface area contributed by atoms with Crippen LogP contribution in [0.25, 0.3) is 11.1 Å². The molecule has 1 aliphatic rings. The molecule has 1 aromatic heterocycles. The maximum Gasteiger partial charge on any atom is 0.221 e. The van der Waals surface area contributed by atoms with Crippen LogP contribution in [0, 0.1) is 17.0 Å². The van der Waals surface area contributed by atoms with Crippen molar-refractivity contribution in [1.29, 1.82) is 5.41 Å². The van der Waals surface area contributed by atoms with Crippen LogP contribution in [0.3, 0.4) is 0 Å². The van der Waals surface area contributed by atoms with Crippen LogP contribution in [0.2, 0.25) is 0 Å². The highest BCUT2D eigenvalue weighted by Crippen LogP contribution is 2.33. The van der Waals surface area contributed by atoms with E-state index in [1.165, 1.54) is 12.1 Å². The molecule has 0 spiro atoms. The van der Waals surface area contributed by atoms with Gasteiger partial charge in [-0.3, -0.25) is 4.21 Å². The van der Waals surface area contributed by atoms with E-state index in [9.17, 15) is 22.6 Å². The second-order valence-electron chi connectivity index (χ2n) is 7.41. The van der Waals surface area contributed by atoms with Gasteiger partial charge in [0, 0.05) is 41.7 Å². The monoisotopic (exact) mass is 451 g/mol. The Bertz CT molecular complexity index is 931. The molecule has 0 amide bonds. The van der Waals surface area contributed by atoms with Crippen molar-refractivity contribution < 1.29 is 27.4 Å². The van der Waals surface area contributed by atoms with Crippen molar-refractivity contribution in [3.8, 4) is 17.0 Å². The van der Waals surface area contributed by atoms with E-state index in [1.54, 1.807) is 18.3 Å². The number of hydrogen-bond acceptors (Lipinski definition) is 6. The summed E-state index contributed by atoms with van der Waals surface area (Å²) in [6.45, 7) is -0.714. The van der Waals surface area contributed by atoms with Gasteiger partial charge < -0.3 is 19.8 Å². The van der Waals surface area contributed by atoms with Crippen molar-refractivity contribution in [2.75, 3.05) is 13.1 Å². The van der Waals surface area contributed by atoms with E-state index in [2.05, 4.69) is 4.98 Å². The lowest BCUT2D eigenvalue weighted by Gasteiger charge is -2.25. The highest BCUT2D eigenvalue weighted by Gasteiger charge is 2.20. The first-order chi connectivity index (χ1) is 14.8. The first kappa shape index (κ1) is 23.2. The number of nitrogens with one attached hydrogen (secondary N) is 1. The standard InChI is InChI=1S/C21H25F2N3O4S/c22-18-11-14(16-7-3-9-25-21(16)30-15-5-1-2-6-15)12-19(23)17(18)8-4-10-26(31(28)29)13-20(24)27/h3,7,9,11-12,15H,1-2,4-6,8,10,13H2,(H2,24,27)(H,28,29)/p-2. The minimum atomic E-state index is -2.69. The van der Waals surface area contributed by atoms with Crippen LogP contribution in [-0.2, 0) is 17.7 Å². The van der Waals surface area contributed by atoms with E-state index in [1.807, 2.05) is 0 Å². The molecule has 0 radical (unpaired) electrons. The van der Waals surface area contributed by atoms with E-state index >= 15 is 0 Å². The van der Waals surface area contributed by atoms with E-state index < -0.39 is 35.3 Å². The van der Waals surface area contributed by atoms with Gasteiger partial charge in [0.2, 0.25) is 5.88 Å². The minimum Gasteiger partial charge on any atom is -0.861 e. The van der Waals surface area contributed by atoms with Gasteiger partial charge in [-0.05, 0) is 74.3 Å². The third-order valence-corrected chi connectivity index (χ3v) is 5.90. The lowest BCUT2D eigenvalue weighted by atomic mass is 10.0. The number of hydrogen-bond donors (Lipinski definition) is 1. The van der Waals surface area contributed by atoms with E-state index in [4.69, 9.17) is 10.1 Å². The van der Waals surface area contributed by atoms with E-state index in [0.717, 1.165) is 30.0 Å². The topological polar surface area (TPSA) is 112 Å². The summed E-state index contributed by atoms with van der Waals surface area (Å²) in [5, 5.41) is 17.7. The van der Waals surface area contributed by atoms with Crippen LogP contribution in [0.4, 0.5) is 8.78 Å². The predicted molar refractivity (Wildman–Crippen MR) is 109 cm³/mol. The molecule has 31 heavy (non-hydrogen) atoms. The van der Waals surface area contributed by atoms with Crippen LogP contribution in [0.15, 0.2) is 30.5 Å². The number of rotatable bonds is 10. The summed E-state index contributed by atoms with van der Waals surface area (Å²) in [5.74, 6) is -2.22. The second kappa shape index (κ2) is 10.7. The van der Waals surface area contributed by atoms with Crippen molar-refractivity contribution >= 4 is 17.2 Å². The number of nitrogens with zero attached hydrogens (tertiary/aromatic N) is 2. The van der Waals surface area contributed by atoms with E-state index in [-0.39, 0.29) is 31.1 Å². The second-order valence-corrected chi connectivity index (χ2v) is 8.36. The van der Waals surface area contributed by atoms with Crippen molar-refractivity contribution in [3.05, 3.63) is 47.7 Å². The average molecular weight is 451 g/mol. The normalized spacial score (nSPS) is 15.4. The van der Waals surface area contributed by atoms with Gasteiger partial charge in [-0.1, -0.05) is 0 Å². The Balaban J connectivity index is 1.74. The summed E-state index contributed by atoms with van der Waals surface area (Å²) in [4.78, 5) is 4.24. The van der Waals surface area contributed by atoms with Crippen molar-refractivity contribution in [3.63, 3.8) is 0 Å². The van der Waals surface area contributed by atoms with Crippen molar-refractivity contribution in [2.45, 2.75) is 44.6 Å². The summed E-state index contributed by atoms with van der Waals surface area (Å²) < 4.78 is 58.3. The number of pyridine rings is 1. The Morgan fingerprint density at radius 3 is 2.58 bits per heavy atom. The smallest absolute Gasteiger partial charge is 0.221 e.